The van der Waals surface area contributed by atoms with Gasteiger partial charge in [0.15, 0.2) is 0 Å². The number of carbonyl (C=O) groups is 2. The van der Waals surface area contributed by atoms with Crippen molar-refractivity contribution in [1.29, 1.82) is 0 Å². The molecule has 0 aliphatic rings. The summed E-state index contributed by atoms with van der Waals surface area (Å²) >= 11 is 6.09. The van der Waals surface area contributed by atoms with Gasteiger partial charge in [-0.2, -0.15) is 0 Å². The molecule has 0 heterocycles. The minimum Gasteiger partial charge on any atom is -0.355 e. The third kappa shape index (κ3) is 5.55. The SMILES string of the molecule is CCNC(=O)[C@@H](CC)N(Cc1cccc(C)c1)C(=O)Cc1c(F)cccc1Cl. The molecule has 2 amide bonds. The van der Waals surface area contributed by atoms with E-state index >= 15 is 0 Å². The number of halogens is 2. The van der Waals surface area contributed by atoms with E-state index in [1.807, 2.05) is 45.0 Å². The summed E-state index contributed by atoms with van der Waals surface area (Å²) in [5.74, 6) is -1.08. The van der Waals surface area contributed by atoms with Gasteiger partial charge in [0.05, 0.1) is 6.42 Å². The number of benzene rings is 2. The average Bonchev–Trinajstić information content (AvgIpc) is 2.65. The zero-order chi connectivity index (χ0) is 20.7. The van der Waals surface area contributed by atoms with Crippen molar-refractivity contribution in [3.8, 4) is 0 Å². The molecule has 2 rings (SSSR count). The first-order valence-corrected chi connectivity index (χ1v) is 9.80. The van der Waals surface area contributed by atoms with Crippen molar-refractivity contribution in [2.75, 3.05) is 6.54 Å². The van der Waals surface area contributed by atoms with Crippen LogP contribution in [0.5, 0.6) is 0 Å². The van der Waals surface area contributed by atoms with E-state index in [4.69, 9.17) is 11.6 Å². The van der Waals surface area contributed by atoms with Crippen LogP contribution in [0.2, 0.25) is 5.02 Å². The Morgan fingerprint density at radius 3 is 2.50 bits per heavy atom. The molecule has 0 unspecified atom stereocenters. The number of nitrogens with zero attached hydrogens (tertiary/aromatic N) is 1. The fourth-order valence-corrected chi connectivity index (χ4v) is 3.40. The Morgan fingerprint density at radius 2 is 1.89 bits per heavy atom. The Bertz CT molecular complexity index is 821. The smallest absolute Gasteiger partial charge is 0.242 e. The van der Waals surface area contributed by atoms with Crippen LogP contribution in [0.3, 0.4) is 0 Å². The molecule has 1 atom stereocenters. The first-order chi connectivity index (χ1) is 13.4. The zero-order valence-electron chi connectivity index (χ0n) is 16.5. The molecule has 28 heavy (non-hydrogen) atoms. The van der Waals surface area contributed by atoms with Crippen molar-refractivity contribution >= 4 is 23.4 Å². The Morgan fingerprint density at radius 1 is 1.18 bits per heavy atom. The average molecular weight is 405 g/mol. The molecule has 0 aromatic heterocycles. The molecule has 4 nitrogen and oxygen atoms in total. The molecule has 0 bridgehead atoms. The summed E-state index contributed by atoms with van der Waals surface area (Å²) in [6.07, 6.45) is 0.252. The second kappa shape index (κ2) is 10.2. The molecule has 2 aromatic carbocycles. The highest BCUT2D eigenvalue weighted by molar-refractivity contribution is 6.31. The number of hydrogen-bond donors (Lipinski definition) is 1. The third-order valence-corrected chi connectivity index (χ3v) is 4.92. The Hall–Kier alpha value is -2.40. The number of carbonyl (C=O) groups excluding carboxylic acids is 2. The highest BCUT2D eigenvalue weighted by Crippen LogP contribution is 2.22. The van der Waals surface area contributed by atoms with E-state index in [9.17, 15) is 14.0 Å². The lowest BCUT2D eigenvalue weighted by molar-refractivity contribution is -0.140. The number of rotatable bonds is 8. The van der Waals surface area contributed by atoms with Crippen LogP contribution in [0, 0.1) is 12.7 Å². The topological polar surface area (TPSA) is 49.4 Å². The van der Waals surface area contributed by atoms with Gasteiger partial charge in [0.25, 0.3) is 0 Å². The van der Waals surface area contributed by atoms with Gasteiger partial charge < -0.3 is 10.2 Å². The lowest BCUT2D eigenvalue weighted by Gasteiger charge is -2.31. The Balaban J connectivity index is 2.35. The number of likely N-dealkylation sites (N-methyl/N-ethyl adjacent to an activating group) is 1. The maximum atomic E-state index is 14.2. The summed E-state index contributed by atoms with van der Waals surface area (Å²) < 4.78 is 14.2. The minimum atomic E-state index is -0.640. The lowest BCUT2D eigenvalue weighted by atomic mass is 10.1. The summed E-state index contributed by atoms with van der Waals surface area (Å²) in [5, 5.41) is 2.99. The van der Waals surface area contributed by atoms with Gasteiger partial charge in [-0.05, 0) is 38.0 Å². The van der Waals surface area contributed by atoms with Crippen molar-refractivity contribution in [3.63, 3.8) is 0 Å². The van der Waals surface area contributed by atoms with Gasteiger partial charge in [0.1, 0.15) is 11.9 Å². The normalized spacial score (nSPS) is 11.8. The number of aryl methyl sites for hydroxylation is 1. The number of amides is 2. The molecule has 0 aliphatic carbocycles. The van der Waals surface area contributed by atoms with Gasteiger partial charge in [0.2, 0.25) is 11.8 Å². The van der Waals surface area contributed by atoms with Crippen LogP contribution in [0.1, 0.15) is 37.0 Å². The predicted molar refractivity (Wildman–Crippen MR) is 110 cm³/mol. The summed E-state index contributed by atoms with van der Waals surface area (Å²) in [7, 11) is 0. The van der Waals surface area contributed by atoms with Gasteiger partial charge in [-0.25, -0.2) is 4.39 Å². The molecule has 2 aromatic rings. The van der Waals surface area contributed by atoms with E-state index < -0.39 is 11.9 Å². The van der Waals surface area contributed by atoms with Crippen LogP contribution in [0.15, 0.2) is 42.5 Å². The summed E-state index contributed by atoms with van der Waals surface area (Å²) in [4.78, 5) is 27.2. The van der Waals surface area contributed by atoms with Gasteiger partial charge in [-0.1, -0.05) is 54.4 Å². The summed E-state index contributed by atoms with van der Waals surface area (Å²) in [6.45, 7) is 6.39. The summed E-state index contributed by atoms with van der Waals surface area (Å²) in [6, 6.07) is 11.5. The van der Waals surface area contributed by atoms with Crippen molar-refractivity contribution in [2.45, 2.75) is 46.2 Å². The molecule has 0 saturated heterocycles. The molecule has 0 aliphatic heterocycles. The maximum absolute atomic E-state index is 14.2. The predicted octanol–water partition coefficient (Wildman–Crippen LogP) is 4.27. The van der Waals surface area contributed by atoms with Gasteiger partial charge >= 0.3 is 0 Å². The summed E-state index contributed by atoms with van der Waals surface area (Å²) in [5.41, 5.74) is 2.12. The first kappa shape index (κ1) is 21.9. The van der Waals surface area contributed by atoms with Gasteiger partial charge in [0, 0.05) is 23.7 Å². The second-order valence-electron chi connectivity index (χ2n) is 6.71. The lowest BCUT2D eigenvalue weighted by Crippen LogP contribution is -2.49. The van der Waals surface area contributed by atoms with Crippen LogP contribution in [-0.4, -0.2) is 29.3 Å². The number of nitrogens with one attached hydrogen (secondary N) is 1. The molecule has 6 heteroatoms. The molecule has 150 valence electrons. The largest absolute Gasteiger partial charge is 0.355 e. The monoisotopic (exact) mass is 404 g/mol. The van der Waals surface area contributed by atoms with E-state index in [2.05, 4.69) is 5.32 Å². The molecular formula is C22H26ClFN2O2. The third-order valence-electron chi connectivity index (χ3n) is 4.56. The van der Waals surface area contributed by atoms with E-state index in [1.54, 1.807) is 6.07 Å². The first-order valence-electron chi connectivity index (χ1n) is 9.42. The molecule has 0 saturated carbocycles. The zero-order valence-corrected chi connectivity index (χ0v) is 17.2. The van der Waals surface area contributed by atoms with Gasteiger partial charge in [-0.15, -0.1) is 0 Å². The molecular weight excluding hydrogens is 379 g/mol. The standard InChI is InChI=1S/C22H26ClFN2O2/c1-4-20(22(28)25-5-2)26(14-16-9-6-8-15(3)12-16)21(27)13-17-18(23)10-7-11-19(17)24/h6-12,20H,4-5,13-14H2,1-3H3,(H,25,28)/t20-/m1/s1. The van der Waals surface area contributed by atoms with E-state index in [0.29, 0.717) is 13.0 Å². The molecule has 0 spiro atoms. The molecule has 0 fully saturated rings. The van der Waals surface area contributed by atoms with Crippen LogP contribution >= 0.6 is 11.6 Å². The van der Waals surface area contributed by atoms with Crippen LogP contribution in [0.4, 0.5) is 4.39 Å². The van der Waals surface area contributed by atoms with Crippen molar-refractivity contribution in [1.82, 2.24) is 10.2 Å². The highest BCUT2D eigenvalue weighted by atomic mass is 35.5. The van der Waals surface area contributed by atoms with Crippen molar-refractivity contribution < 1.29 is 14.0 Å². The van der Waals surface area contributed by atoms with E-state index in [0.717, 1.165) is 11.1 Å². The highest BCUT2D eigenvalue weighted by Gasteiger charge is 2.29. The van der Waals surface area contributed by atoms with Crippen molar-refractivity contribution in [3.05, 3.63) is 70.0 Å². The van der Waals surface area contributed by atoms with Crippen LogP contribution in [0.25, 0.3) is 0 Å². The molecule has 0 radical (unpaired) electrons. The Labute approximate surface area is 170 Å². The van der Waals surface area contributed by atoms with Crippen molar-refractivity contribution in [2.24, 2.45) is 0 Å². The van der Waals surface area contributed by atoms with Gasteiger partial charge in [-0.3, -0.25) is 9.59 Å². The Kier molecular flexibility index (Phi) is 8.00. The minimum absolute atomic E-state index is 0.147. The fraction of sp³-hybridized carbons (Fsp3) is 0.364. The number of hydrogen-bond acceptors (Lipinski definition) is 2. The van der Waals surface area contributed by atoms with E-state index in [-0.39, 0.29) is 35.4 Å². The molecule has 1 N–H and O–H groups in total. The fourth-order valence-electron chi connectivity index (χ4n) is 3.17. The van der Waals surface area contributed by atoms with E-state index in [1.165, 1.54) is 17.0 Å². The maximum Gasteiger partial charge on any atom is 0.242 e. The second-order valence-corrected chi connectivity index (χ2v) is 7.11. The quantitative estimate of drug-likeness (QED) is 0.714. The van der Waals surface area contributed by atoms with Crippen LogP contribution < -0.4 is 5.32 Å². The van der Waals surface area contributed by atoms with Crippen LogP contribution in [-0.2, 0) is 22.6 Å².